The Hall–Kier alpha value is -1.42. The second-order valence-electron chi connectivity index (χ2n) is 5.13. The van der Waals surface area contributed by atoms with Crippen molar-refractivity contribution in [3.63, 3.8) is 0 Å². The Kier molecular flexibility index (Phi) is 4.91. The van der Waals surface area contributed by atoms with Crippen molar-refractivity contribution in [3.8, 4) is 5.75 Å². The molecule has 0 spiro atoms. The van der Waals surface area contributed by atoms with Crippen molar-refractivity contribution in [2.24, 2.45) is 5.92 Å². The van der Waals surface area contributed by atoms with Gasteiger partial charge in [0.25, 0.3) is 0 Å². The summed E-state index contributed by atoms with van der Waals surface area (Å²) >= 11 is 0. The zero-order chi connectivity index (χ0) is 13.7. The number of hydrogen-bond donors (Lipinski definition) is 1. The average molecular weight is 264 g/mol. The van der Waals surface area contributed by atoms with Crippen LogP contribution in [0.1, 0.15) is 19.8 Å². The maximum atomic E-state index is 5.94. The number of methoxy groups -OCH3 is 1. The summed E-state index contributed by atoms with van der Waals surface area (Å²) < 4.78 is 10.9. The van der Waals surface area contributed by atoms with Crippen molar-refractivity contribution in [1.29, 1.82) is 0 Å². The van der Waals surface area contributed by atoms with Crippen LogP contribution in [0.15, 0.2) is 18.2 Å². The zero-order valence-electron chi connectivity index (χ0n) is 11.9. The molecule has 0 aliphatic carbocycles. The van der Waals surface area contributed by atoms with Gasteiger partial charge in [0, 0.05) is 37.9 Å². The summed E-state index contributed by atoms with van der Waals surface area (Å²) in [5, 5.41) is 0. The number of hydrogen-bond acceptors (Lipinski definition) is 4. The molecule has 0 saturated carbocycles. The Morgan fingerprint density at radius 2 is 2.26 bits per heavy atom. The van der Waals surface area contributed by atoms with Crippen LogP contribution in [0.3, 0.4) is 0 Å². The van der Waals surface area contributed by atoms with Crippen LogP contribution >= 0.6 is 0 Å². The molecule has 0 aromatic heterocycles. The molecule has 0 bridgehead atoms. The largest absolute Gasteiger partial charge is 0.491 e. The number of anilines is 2. The van der Waals surface area contributed by atoms with Gasteiger partial charge in [-0.05, 0) is 25.0 Å². The van der Waals surface area contributed by atoms with E-state index >= 15 is 0 Å². The first-order chi connectivity index (χ1) is 9.24. The monoisotopic (exact) mass is 264 g/mol. The second kappa shape index (κ2) is 6.66. The van der Waals surface area contributed by atoms with E-state index in [1.54, 1.807) is 7.11 Å². The lowest BCUT2D eigenvalue weighted by Gasteiger charge is -2.20. The summed E-state index contributed by atoms with van der Waals surface area (Å²) in [4.78, 5) is 2.38. The number of ether oxygens (including phenoxy) is 2. The van der Waals surface area contributed by atoms with Gasteiger partial charge in [0.15, 0.2) is 0 Å². The highest BCUT2D eigenvalue weighted by molar-refractivity contribution is 5.62. The summed E-state index contributed by atoms with van der Waals surface area (Å²) in [7, 11) is 1.77. The third-order valence-electron chi connectivity index (χ3n) is 3.51. The maximum Gasteiger partial charge on any atom is 0.144 e. The fourth-order valence-corrected chi connectivity index (χ4v) is 2.50. The molecule has 0 radical (unpaired) electrons. The summed E-state index contributed by atoms with van der Waals surface area (Å²) in [6.45, 7) is 5.76. The number of benzene rings is 1. The van der Waals surface area contributed by atoms with Crippen LogP contribution in [0.4, 0.5) is 11.4 Å². The molecule has 1 heterocycles. The van der Waals surface area contributed by atoms with E-state index in [2.05, 4.69) is 24.0 Å². The first-order valence-corrected chi connectivity index (χ1v) is 7.00. The van der Waals surface area contributed by atoms with Crippen LogP contribution in [-0.2, 0) is 4.74 Å². The van der Waals surface area contributed by atoms with E-state index < -0.39 is 0 Å². The zero-order valence-corrected chi connectivity index (χ0v) is 11.9. The predicted octanol–water partition coefficient (Wildman–Crippen LogP) is 2.53. The van der Waals surface area contributed by atoms with Crippen LogP contribution < -0.4 is 15.4 Å². The van der Waals surface area contributed by atoms with E-state index in [4.69, 9.17) is 15.2 Å². The molecule has 4 heteroatoms. The highest BCUT2D eigenvalue weighted by Gasteiger charge is 2.23. The van der Waals surface area contributed by atoms with Crippen molar-refractivity contribution in [2.75, 3.05) is 44.0 Å². The minimum Gasteiger partial charge on any atom is -0.491 e. The third-order valence-corrected chi connectivity index (χ3v) is 3.51. The smallest absolute Gasteiger partial charge is 0.144 e. The van der Waals surface area contributed by atoms with Crippen molar-refractivity contribution in [3.05, 3.63) is 18.2 Å². The van der Waals surface area contributed by atoms with Gasteiger partial charge < -0.3 is 20.1 Å². The predicted molar refractivity (Wildman–Crippen MR) is 78.8 cm³/mol. The van der Waals surface area contributed by atoms with Crippen molar-refractivity contribution in [2.45, 2.75) is 19.8 Å². The van der Waals surface area contributed by atoms with E-state index in [1.807, 2.05) is 6.07 Å². The number of rotatable bonds is 6. The summed E-state index contributed by atoms with van der Waals surface area (Å²) in [5.41, 5.74) is 7.85. The van der Waals surface area contributed by atoms with Crippen LogP contribution in [0, 0.1) is 5.92 Å². The molecule has 2 rings (SSSR count). The summed E-state index contributed by atoms with van der Waals surface area (Å²) in [6, 6.07) is 6.06. The first kappa shape index (κ1) is 14.0. The van der Waals surface area contributed by atoms with Gasteiger partial charge >= 0.3 is 0 Å². The Labute approximate surface area is 115 Å². The molecule has 1 saturated heterocycles. The Balaban J connectivity index is 2.04. The lowest BCUT2D eigenvalue weighted by molar-refractivity contribution is 0.161. The molecule has 4 nitrogen and oxygen atoms in total. The second-order valence-corrected chi connectivity index (χ2v) is 5.13. The van der Waals surface area contributed by atoms with Gasteiger partial charge in [-0.25, -0.2) is 0 Å². The Bertz CT molecular complexity index is 409. The molecule has 1 atom stereocenters. The number of nitrogen functional groups attached to an aromatic ring is 1. The molecule has 19 heavy (non-hydrogen) atoms. The summed E-state index contributed by atoms with van der Waals surface area (Å²) in [5.74, 6) is 1.43. The molecular weight excluding hydrogens is 240 g/mol. The quantitative estimate of drug-likeness (QED) is 0.802. The molecular formula is C15H24N2O2. The molecule has 1 aromatic carbocycles. The van der Waals surface area contributed by atoms with E-state index in [-0.39, 0.29) is 0 Å². The number of nitrogens with zero attached hydrogens (tertiary/aromatic N) is 1. The van der Waals surface area contributed by atoms with Gasteiger partial charge in [0.2, 0.25) is 0 Å². The Morgan fingerprint density at radius 1 is 1.42 bits per heavy atom. The van der Waals surface area contributed by atoms with Gasteiger partial charge in [-0.2, -0.15) is 0 Å². The number of nitrogens with two attached hydrogens (primary N) is 1. The third kappa shape index (κ3) is 3.53. The van der Waals surface area contributed by atoms with Gasteiger partial charge in [0.05, 0.1) is 18.9 Å². The van der Waals surface area contributed by atoms with E-state index in [9.17, 15) is 0 Å². The standard InChI is InChI=1S/C15H24N2O2/c1-3-8-19-15-9-13(4-5-14(15)16)17-7-6-12(10-17)11-18-2/h4-5,9,12H,3,6-8,10-11,16H2,1-2H3. The molecule has 1 fully saturated rings. The normalized spacial score (nSPS) is 18.8. The van der Waals surface area contributed by atoms with Crippen LogP contribution in [-0.4, -0.2) is 33.4 Å². The van der Waals surface area contributed by atoms with E-state index in [0.717, 1.165) is 31.9 Å². The average Bonchev–Trinajstić information content (AvgIpc) is 2.87. The Morgan fingerprint density at radius 3 is 3.00 bits per heavy atom. The molecule has 0 amide bonds. The minimum atomic E-state index is 0.627. The summed E-state index contributed by atoms with van der Waals surface area (Å²) in [6.07, 6.45) is 2.17. The van der Waals surface area contributed by atoms with Crippen LogP contribution in [0.5, 0.6) is 5.75 Å². The van der Waals surface area contributed by atoms with Crippen molar-refractivity contribution < 1.29 is 9.47 Å². The lowest BCUT2D eigenvalue weighted by atomic mass is 10.1. The molecule has 2 N–H and O–H groups in total. The molecule has 106 valence electrons. The highest BCUT2D eigenvalue weighted by Crippen LogP contribution is 2.31. The van der Waals surface area contributed by atoms with Crippen molar-refractivity contribution >= 4 is 11.4 Å². The van der Waals surface area contributed by atoms with Crippen LogP contribution in [0.2, 0.25) is 0 Å². The van der Waals surface area contributed by atoms with Gasteiger partial charge in [-0.1, -0.05) is 6.92 Å². The van der Waals surface area contributed by atoms with Crippen LogP contribution in [0.25, 0.3) is 0 Å². The topological polar surface area (TPSA) is 47.7 Å². The molecule has 1 aromatic rings. The van der Waals surface area contributed by atoms with Crippen molar-refractivity contribution in [1.82, 2.24) is 0 Å². The fourth-order valence-electron chi connectivity index (χ4n) is 2.50. The molecule has 1 aliphatic rings. The van der Waals surface area contributed by atoms with Gasteiger partial charge in [-0.3, -0.25) is 0 Å². The highest BCUT2D eigenvalue weighted by atomic mass is 16.5. The fraction of sp³-hybridized carbons (Fsp3) is 0.600. The molecule has 1 aliphatic heterocycles. The van der Waals surface area contributed by atoms with Gasteiger partial charge in [0.1, 0.15) is 5.75 Å². The minimum absolute atomic E-state index is 0.627. The van der Waals surface area contributed by atoms with E-state index in [1.165, 1.54) is 12.1 Å². The lowest BCUT2D eigenvalue weighted by Crippen LogP contribution is -2.21. The van der Waals surface area contributed by atoms with E-state index in [0.29, 0.717) is 18.2 Å². The first-order valence-electron chi connectivity index (χ1n) is 7.00. The molecule has 1 unspecified atom stereocenters. The maximum absolute atomic E-state index is 5.94. The van der Waals surface area contributed by atoms with Gasteiger partial charge in [-0.15, -0.1) is 0 Å². The SMILES string of the molecule is CCCOc1cc(N2CCC(COC)C2)ccc1N.